The van der Waals surface area contributed by atoms with E-state index in [0.29, 0.717) is 12.5 Å². The third kappa shape index (κ3) is 3.43. The minimum atomic E-state index is -1.16. The molecule has 0 amide bonds. The van der Waals surface area contributed by atoms with Crippen molar-refractivity contribution in [3.05, 3.63) is 59.2 Å². The maximum Gasteiger partial charge on any atom is 0.207 e. The zero-order chi connectivity index (χ0) is 20.9. The van der Waals surface area contributed by atoms with Crippen LogP contribution in [0.1, 0.15) is 24.9 Å². The Morgan fingerprint density at radius 1 is 1.07 bits per heavy atom. The van der Waals surface area contributed by atoms with Gasteiger partial charge in [0, 0.05) is 36.9 Å². The molecule has 2 heterocycles. The minimum Gasteiger partial charge on any atom is -0.340 e. The summed E-state index contributed by atoms with van der Waals surface area (Å²) in [6.45, 7) is 2.08. The molecular formula is C20H19F5N4. The highest BCUT2D eigenvalue weighted by molar-refractivity contribution is 5.79. The average molecular weight is 410 g/mol. The molecule has 1 aliphatic rings. The summed E-state index contributed by atoms with van der Waals surface area (Å²) in [6.07, 6.45) is -0.988. The molecule has 1 aromatic heterocycles. The second-order valence-electron chi connectivity index (χ2n) is 7.29. The lowest BCUT2D eigenvalue weighted by molar-refractivity contribution is 0.243. The molecule has 1 fully saturated rings. The predicted octanol–water partition coefficient (Wildman–Crippen LogP) is 4.08. The molecule has 4 rings (SSSR count). The fourth-order valence-electron chi connectivity index (χ4n) is 3.80. The molecule has 2 aromatic carbocycles. The highest BCUT2D eigenvalue weighted by atomic mass is 19.2. The van der Waals surface area contributed by atoms with E-state index in [0.717, 1.165) is 24.3 Å². The molecule has 1 saturated heterocycles. The van der Waals surface area contributed by atoms with Crippen LogP contribution in [0.25, 0.3) is 11.0 Å². The molecule has 1 aliphatic heterocycles. The number of hydrogen-bond donors (Lipinski definition) is 1. The first kappa shape index (κ1) is 19.6. The van der Waals surface area contributed by atoms with Gasteiger partial charge in [-0.1, -0.05) is 6.07 Å². The SMILES string of the molecule is C[C@H](c1ccc(F)cc1F)n1c(N2CC[C@@H](F)[C@H](N)C2)nc2cc(F)c(F)cc21. The van der Waals surface area contributed by atoms with Crippen LogP contribution in [0.15, 0.2) is 30.3 Å². The topological polar surface area (TPSA) is 47.1 Å². The zero-order valence-electron chi connectivity index (χ0n) is 15.5. The quantitative estimate of drug-likeness (QED) is 0.662. The number of anilines is 1. The molecule has 154 valence electrons. The summed E-state index contributed by atoms with van der Waals surface area (Å²) in [5, 5.41) is 0. The van der Waals surface area contributed by atoms with Crippen molar-refractivity contribution in [2.24, 2.45) is 5.73 Å². The minimum absolute atomic E-state index is 0.147. The van der Waals surface area contributed by atoms with Gasteiger partial charge in [-0.25, -0.2) is 26.9 Å². The molecule has 0 bridgehead atoms. The maximum absolute atomic E-state index is 14.4. The molecule has 3 atom stereocenters. The van der Waals surface area contributed by atoms with Crippen LogP contribution in [0.3, 0.4) is 0 Å². The summed E-state index contributed by atoms with van der Waals surface area (Å²) < 4.78 is 70.9. The number of aromatic nitrogens is 2. The van der Waals surface area contributed by atoms with Gasteiger partial charge in [0.2, 0.25) is 5.95 Å². The first-order valence-corrected chi connectivity index (χ1v) is 9.22. The molecule has 0 spiro atoms. The van der Waals surface area contributed by atoms with Crippen molar-refractivity contribution in [3.63, 3.8) is 0 Å². The number of piperidine rings is 1. The van der Waals surface area contributed by atoms with Gasteiger partial charge >= 0.3 is 0 Å². The summed E-state index contributed by atoms with van der Waals surface area (Å²) >= 11 is 0. The maximum atomic E-state index is 14.4. The van der Waals surface area contributed by atoms with Gasteiger partial charge in [0.1, 0.15) is 17.8 Å². The van der Waals surface area contributed by atoms with Crippen LogP contribution in [0.5, 0.6) is 0 Å². The molecule has 2 N–H and O–H groups in total. The van der Waals surface area contributed by atoms with E-state index in [9.17, 15) is 22.0 Å². The molecule has 3 aromatic rings. The number of rotatable bonds is 3. The first-order chi connectivity index (χ1) is 13.8. The van der Waals surface area contributed by atoms with E-state index in [4.69, 9.17) is 5.73 Å². The average Bonchev–Trinajstić information content (AvgIpc) is 3.02. The fraction of sp³-hybridized carbons (Fsp3) is 0.350. The van der Waals surface area contributed by atoms with Gasteiger partial charge < -0.3 is 15.2 Å². The smallest absolute Gasteiger partial charge is 0.207 e. The van der Waals surface area contributed by atoms with E-state index >= 15 is 0 Å². The summed E-state index contributed by atoms with van der Waals surface area (Å²) in [7, 11) is 0. The highest BCUT2D eigenvalue weighted by Gasteiger charge is 2.31. The van der Waals surface area contributed by atoms with E-state index in [2.05, 4.69) is 4.98 Å². The van der Waals surface area contributed by atoms with Crippen molar-refractivity contribution >= 4 is 17.0 Å². The molecule has 0 saturated carbocycles. The summed E-state index contributed by atoms with van der Waals surface area (Å²) in [5.41, 5.74) is 6.42. The largest absolute Gasteiger partial charge is 0.340 e. The van der Waals surface area contributed by atoms with Crippen LogP contribution in [0, 0.1) is 23.3 Å². The van der Waals surface area contributed by atoms with Crippen LogP contribution in [-0.2, 0) is 0 Å². The monoisotopic (exact) mass is 410 g/mol. The number of imidazole rings is 1. The van der Waals surface area contributed by atoms with Crippen molar-refractivity contribution in [2.45, 2.75) is 31.6 Å². The van der Waals surface area contributed by atoms with Gasteiger partial charge in [0.25, 0.3) is 0 Å². The van der Waals surface area contributed by atoms with Gasteiger partial charge in [0.05, 0.1) is 23.1 Å². The lowest BCUT2D eigenvalue weighted by Gasteiger charge is -2.35. The number of nitrogens with two attached hydrogens (primary N) is 1. The van der Waals surface area contributed by atoms with Crippen LogP contribution >= 0.6 is 0 Å². The van der Waals surface area contributed by atoms with Gasteiger partial charge in [-0.2, -0.15) is 0 Å². The number of fused-ring (bicyclic) bond motifs is 1. The van der Waals surface area contributed by atoms with Crippen molar-refractivity contribution in [2.75, 3.05) is 18.0 Å². The van der Waals surface area contributed by atoms with Crippen LogP contribution in [0.4, 0.5) is 27.9 Å². The Labute approximate surface area is 163 Å². The van der Waals surface area contributed by atoms with Crippen molar-refractivity contribution in [1.29, 1.82) is 0 Å². The number of benzene rings is 2. The van der Waals surface area contributed by atoms with Gasteiger partial charge in [-0.05, 0) is 19.4 Å². The second kappa shape index (κ2) is 7.29. The summed E-state index contributed by atoms with van der Waals surface area (Å²) in [5.74, 6) is -3.33. The van der Waals surface area contributed by atoms with Crippen LogP contribution in [0.2, 0.25) is 0 Å². The fourth-order valence-corrected chi connectivity index (χ4v) is 3.80. The molecule has 0 radical (unpaired) electrons. The Bertz CT molecular complexity index is 1070. The molecule has 9 heteroatoms. The van der Waals surface area contributed by atoms with Crippen LogP contribution in [-0.4, -0.2) is 34.9 Å². The molecule has 0 unspecified atom stereocenters. The van der Waals surface area contributed by atoms with Crippen molar-refractivity contribution in [3.8, 4) is 0 Å². The lowest BCUT2D eigenvalue weighted by atomic mass is 10.0. The van der Waals surface area contributed by atoms with E-state index in [1.165, 1.54) is 6.07 Å². The summed E-state index contributed by atoms with van der Waals surface area (Å²) in [4.78, 5) is 6.12. The number of alkyl halides is 1. The zero-order valence-corrected chi connectivity index (χ0v) is 15.5. The van der Waals surface area contributed by atoms with E-state index < -0.39 is 41.5 Å². The van der Waals surface area contributed by atoms with Gasteiger partial charge in [-0.3, -0.25) is 0 Å². The standard InChI is InChI=1S/C20H19F5N4/c1-10(12-3-2-11(21)6-14(12)23)29-19-8-16(25)15(24)7-18(19)27-20(29)28-5-4-13(22)17(26)9-28/h2-3,6-8,10,13,17H,4-5,9,26H2,1H3/t10-,13-,17-/m1/s1. The van der Waals surface area contributed by atoms with E-state index in [-0.39, 0.29) is 29.6 Å². The van der Waals surface area contributed by atoms with Crippen LogP contribution < -0.4 is 10.6 Å². The Morgan fingerprint density at radius 3 is 2.48 bits per heavy atom. The summed E-state index contributed by atoms with van der Waals surface area (Å²) in [6, 6.07) is 3.66. The Balaban J connectivity index is 1.89. The number of halogens is 5. The second-order valence-corrected chi connectivity index (χ2v) is 7.29. The molecular weight excluding hydrogens is 391 g/mol. The van der Waals surface area contributed by atoms with E-state index in [1.807, 2.05) is 0 Å². The van der Waals surface area contributed by atoms with Gasteiger partial charge in [0.15, 0.2) is 11.6 Å². The lowest BCUT2D eigenvalue weighted by Crippen LogP contribution is -2.50. The van der Waals surface area contributed by atoms with E-state index in [1.54, 1.807) is 16.4 Å². The number of hydrogen-bond acceptors (Lipinski definition) is 3. The Kier molecular flexibility index (Phi) is 4.94. The van der Waals surface area contributed by atoms with Crippen molar-refractivity contribution in [1.82, 2.24) is 9.55 Å². The predicted molar refractivity (Wildman–Crippen MR) is 99.5 cm³/mol. The third-order valence-electron chi connectivity index (χ3n) is 5.37. The Morgan fingerprint density at radius 2 is 1.79 bits per heavy atom. The molecule has 4 nitrogen and oxygen atoms in total. The highest BCUT2D eigenvalue weighted by Crippen LogP contribution is 2.34. The Hall–Kier alpha value is -2.68. The van der Waals surface area contributed by atoms with Crippen molar-refractivity contribution < 1.29 is 22.0 Å². The number of nitrogens with zero attached hydrogens (tertiary/aromatic N) is 3. The van der Waals surface area contributed by atoms with Gasteiger partial charge in [-0.15, -0.1) is 0 Å². The molecule has 0 aliphatic carbocycles. The normalized spacial score (nSPS) is 21.0. The third-order valence-corrected chi connectivity index (χ3v) is 5.37. The first-order valence-electron chi connectivity index (χ1n) is 9.22. The molecule has 29 heavy (non-hydrogen) atoms.